The van der Waals surface area contributed by atoms with Crippen LogP contribution in [-0.4, -0.2) is 24.7 Å². The molecule has 0 aliphatic heterocycles. The van der Waals surface area contributed by atoms with Crippen LogP contribution < -0.4 is 5.56 Å². The van der Waals surface area contributed by atoms with E-state index in [9.17, 15) is 4.79 Å². The van der Waals surface area contributed by atoms with Crippen LogP contribution >= 0.6 is 34.4 Å². The number of aromatic nitrogens is 5. The highest BCUT2D eigenvalue weighted by Gasteiger charge is 2.24. The largest absolute Gasteiger partial charge is 0.309 e. The fraction of sp³-hybridized carbons (Fsp3) is 0.429. The zero-order chi connectivity index (χ0) is 20.7. The van der Waals surface area contributed by atoms with Gasteiger partial charge >= 0.3 is 0 Å². The second-order valence-electron chi connectivity index (χ2n) is 7.71. The fourth-order valence-corrected chi connectivity index (χ4v) is 6.97. The Morgan fingerprint density at radius 2 is 2.07 bits per heavy atom. The second-order valence-corrected chi connectivity index (χ2v) is 10.8. The number of thiophene rings is 2. The van der Waals surface area contributed by atoms with Crippen molar-refractivity contribution in [3.63, 3.8) is 0 Å². The minimum absolute atomic E-state index is 0.0275. The van der Waals surface area contributed by atoms with E-state index in [2.05, 4.69) is 26.7 Å². The van der Waals surface area contributed by atoms with Crippen LogP contribution in [0, 0.1) is 6.92 Å². The number of hydrogen-bond donors (Lipinski definition) is 1. The number of fused-ring (bicyclic) bond motifs is 1. The number of nitrogens with one attached hydrogen (secondary N) is 1. The van der Waals surface area contributed by atoms with Gasteiger partial charge in [0, 0.05) is 21.9 Å². The highest BCUT2D eigenvalue weighted by molar-refractivity contribution is 7.99. The van der Waals surface area contributed by atoms with E-state index in [4.69, 9.17) is 4.98 Å². The summed E-state index contributed by atoms with van der Waals surface area (Å²) in [7, 11) is 0. The molecule has 6 nitrogen and oxygen atoms in total. The minimum atomic E-state index is -0.0722. The monoisotopic (exact) mass is 457 g/mol. The van der Waals surface area contributed by atoms with Crippen LogP contribution in [0.4, 0.5) is 0 Å². The van der Waals surface area contributed by atoms with Gasteiger partial charge in [-0.1, -0.05) is 37.1 Å². The molecular weight excluding hydrogens is 434 g/mol. The van der Waals surface area contributed by atoms with Gasteiger partial charge < -0.3 is 9.55 Å². The molecular formula is C21H23N5OS3. The second kappa shape index (κ2) is 8.28. The molecule has 0 aromatic carbocycles. The summed E-state index contributed by atoms with van der Waals surface area (Å²) in [5.41, 5.74) is 0.898. The summed E-state index contributed by atoms with van der Waals surface area (Å²) in [6.07, 6.45) is 6.21. The van der Waals surface area contributed by atoms with E-state index in [1.807, 2.05) is 29.8 Å². The molecule has 9 heteroatoms. The average Bonchev–Trinajstić information content (AvgIpc) is 3.48. The van der Waals surface area contributed by atoms with Crippen molar-refractivity contribution in [3.05, 3.63) is 44.9 Å². The topological polar surface area (TPSA) is 76.5 Å². The molecule has 1 aliphatic carbocycles. The minimum Gasteiger partial charge on any atom is -0.309 e. The first kappa shape index (κ1) is 20.0. The molecule has 4 heterocycles. The Kier molecular flexibility index (Phi) is 5.51. The van der Waals surface area contributed by atoms with Crippen LogP contribution in [0.15, 0.2) is 32.8 Å². The molecule has 1 fully saturated rings. The molecule has 1 aliphatic rings. The molecule has 0 radical (unpaired) electrons. The molecule has 4 aromatic rings. The number of aryl methyl sites for hydroxylation is 1. The summed E-state index contributed by atoms with van der Waals surface area (Å²) < 4.78 is 2.29. The van der Waals surface area contributed by atoms with Gasteiger partial charge in [0.1, 0.15) is 16.5 Å². The first-order valence-electron chi connectivity index (χ1n) is 10.2. The molecule has 0 bridgehead atoms. The lowest BCUT2D eigenvalue weighted by Gasteiger charge is -2.25. The molecule has 156 valence electrons. The number of H-pyrrole nitrogens is 1. The number of aromatic amines is 1. The standard InChI is InChI=1S/C21H23N5OS3/c1-12(30-21-25-24-13(2)26(21)14-7-4-3-5-8-14)18-22-19(27)17-15(11-29-20(17)23-18)16-9-6-10-28-16/h6,9-12,14H,3-5,7-8H2,1-2H3,(H,22,23,27)/t12-/m1/s1. The van der Waals surface area contributed by atoms with Crippen LogP contribution in [0.25, 0.3) is 20.7 Å². The Bertz CT molecular complexity index is 1220. The smallest absolute Gasteiger partial charge is 0.260 e. The van der Waals surface area contributed by atoms with Gasteiger partial charge in [-0.05, 0) is 38.1 Å². The van der Waals surface area contributed by atoms with Gasteiger partial charge in [0.2, 0.25) is 0 Å². The lowest BCUT2D eigenvalue weighted by molar-refractivity contribution is 0.332. The number of nitrogens with zero attached hydrogens (tertiary/aromatic N) is 4. The maximum Gasteiger partial charge on any atom is 0.260 e. The summed E-state index contributed by atoms with van der Waals surface area (Å²) in [6.45, 7) is 4.10. The molecule has 1 N–H and O–H groups in total. The van der Waals surface area contributed by atoms with E-state index in [1.165, 1.54) is 43.4 Å². The van der Waals surface area contributed by atoms with Crippen molar-refractivity contribution in [2.24, 2.45) is 0 Å². The molecule has 1 saturated carbocycles. The molecule has 1 atom stereocenters. The first-order valence-corrected chi connectivity index (χ1v) is 12.9. The summed E-state index contributed by atoms with van der Waals surface area (Å²) in [6, 6.07) is 4.52. The van der Waals surface area contributed by atoms with Crippen molar-refractivity contribution in [2.45, 2.75) is 62.4 Å². The van der Waals surface area contributed by atoms with Crippen molar-refractivity contribution in [1.29, 1.82) is 0 Å². The van der Waals surface area contributed by atoms with Gasteiger partial charge in [0.15, 0.2) is 5.16 Å². The zero-order valence-corrected chi connectivity index (χ0v) is 19.4. The number of thioether (sulfide) groups is 1. The van der Waals surface area contributed by atoms with E-state index in [-0.39, 0.29) is 10.8 Å². The lowest BCUT2D eigenvalue weighted by Crippen LogP contribution is -2.16. The van der Waals surface area contributed by atoms with Crippen LogP contribution in [0.2, 0.25) is 0 Å². The summed E-state index contributed by atoms with van der Waals surface area (Å²) in [5, 5.41) is 14.4. The highest BCUT2D eigenvalue weighted by atomic mass is 32.2. The van der Waals surface area contributed by atoms with Gasteiger partial charge in [0.25, 0.3) is 5.56 Å². The predicted octanol–water partition coefficient (Wildman–Crippen LogP) is 5.97. The van der Waals surface area contributed by atoms with Gasteiger partial charge in [-0.2, -0.15) is 0 Å². The lowest BCUT2D eigenvalue weighted by atomic mass is 9.95. The van der Waals surface area contributed by atoms with Gasteiger partial charge in [0.05, 0.1) is 10.6 Å². The molecule has 0 spiro atoms. The van der Waals surface area contributed by atoms with E-state index < -0.39 is 0 Å². The van der Waals surface area contributed by atoms with Crippen LogP contribution in [0.3, 0.4) is 0 Å². The molecule has 5 rings (SSSR count). The molecule has 0 saturated heterocycles. The number of hydrogen-bond acceptors (Lipinski definition) is 7. The third-order valence-electron chi connectivity index (χ3n) is 5.69. The zero-order valence-electron chi connectivity index (χ0n) is 16.9. The number of rotatable bonds is 5. The Labute approximate surface area is 186 Å². The van der Waals surface area contributed by atoms with Crippen molar-refractivity contribution in [1.82, 2.24) is 24.7 Å². The van der Waals surface area contributed by atoms with Crippen LogP contribution in [-0.2, 0) is 0 Å². The van der Waals surface area contributed by atoms with Crippen molar-refractivity contribution in [3.8, 4) is 10.4 Å². The summed E-state index contributed by atoms with van der Waals surface area (Å²) >= 11 is 4.79. The first-order chi connectivity index (χ1) is 14.6. The Hall–Kier alpha value is -1.97. The Balaban J connectivity index is 1.45. The SMILES string of the molecule is Cc1nnc(S[C@H](C)c2nc3scc(-c4cccs4)c3c(=O)[nH]2)n1C1CCCCC1. The maximum atomic E-state index is 12.9. The van der Waals surface area contributed by atoms with Gasteiger partial charge in [-0.25, -0.2) is 4.98 Å². The van der Waals surface area contributed by atoms with Gasteiger partial charge in [-0.3, -0.25) is 4.79 Å². The normalized spacial score (nSPS) is 16.3. The van der Waals surface area contributed by atoms with E-state index in [1.54, 1.807) is 23.1 Å². The Morgan fingerprint density at radius 1 is 1.23 bits per heavy atom. The third-order valence-corrected chi connectivity index (χ3v) is 8.53. The molecule has 4 aromatic heterocycles. The molecule has 0 amide bonds. The van der Waals surface area contributed by atoms with Crippen molar-refractivity contribution >= 4 is 44.7 Å². The quantitative estimate of drug-likeness (QED) is 0.374. The maximum absolute atomic E-state index is 12.9. The van der Waals surface area contributed by atoms with E-state index >= 15 is 0 Å². The Morgan fingerprint density at radius 3 is 2.83 bits per heavy atom. The average molecular weight is 458 g/mol. The van der Waals surface area contributed by atoms with Crippen molar-refractivity contribution in [2.75, 3.05) is 0 Å². The van der Waals surface area contributed by atoms with Crippen LogP contribution in [0.1, 0.15) is 62.0 Å². The van der Waals surface area contributed by atoms with Crippen molar-refractivity contribution < 1.29 is 0 Å². The summed E-state index contributed by atoms with van der Waals surface area (Å²) in [5.74, 6) is 1.65. The van der Waals surface area contributed by atoms with E-state index in [0.717, 1.165) is 26.3 Å². The molecule has 30 heavy (non-hydrogen) atoms. The molecule has 0 unspecified atom stereocenters. The highest BCUT2D eigenvalue weighted by Crippen LogP contribution is 2.38. The fourth-order valence-electron chi connectivity index (χ4n) is 4.18. The third kappa shape index (κ3) is 3.63. The van der Waals surface area contributed by atoms with Gasteiger partial charge in [-0.15, -0.1) is 32.9 Å². The van der Waals surface area contributed by atoms with Crippen LogP contribution in [0.5, 0.6) is 0 Å². The summed E-state index contributed by atoms with van der Waals surface area (Å²) in [4.78, 5) is 22.6. The predicted molar refractivity (Wildman–Crippen MR) is 125 cm³/mol. The van der Waals surface area contributed by atoms with E-state index in [0.29, 0.717) is 17.3 Å².